The van der Waals surface area contributed by atoms with Crippen LogP contribution in [-0.4, -0.2) is 62.6 Å². The maximum atomic E-state index is 13.4. The van der Waals surface area contributed by atoms with Gasteiger partial charge >= 0.3 is 0 Å². The summed E-state index contributed by atoms with van der Waals surface area (Å²) in [6, 6.07) is 0.169. The zero-order valence-corrected chi connectivity index (χ0v) is 22.0. The highest BCUT2D eigenvalue weighted by Crippen LogP contribution is 2.35. The number of nitrogens with zero attached hydrogens (tertiary/aromatic N) is 4. The summed E-state index contributed by atoms with van der Waals surface area (Å²) in [5.41, 5.74) is 3.10. The van der Waals surface area contributed by atoms with Crippen LogP contribution in [0.15, 0.2) is 0 Å². The Balaban J connectivity index is 1.45. The lowest BCUT2D eigenvalue weighted by atomic mass is 9.80. The molecule has 0 bridgehead atoms. The van der Waals surface area contributed by atoms with Gasteiger partial charge in [-0.1, -0.05) is 40.0 Å². The van der Waals surface area contributed by atoms with E-state index in [2.05, 4.69) is 49.5 Å². The molecule has 7 heteroatoms. The number of likely N-dealkylation sites (tertiary alicyclic amines) is 1. The van der Waals surface area contributed by atoms with Gasteiger partial charge in [0.2, 0.25) is 11.8 Å². The lowest BCUT2D eigenvalue weighted by Gasteiger charge is -2.52. The van der Waals surface area contributed by atoms with Gasteiger partial charge in [-0.25, -0.2) is 0 Å². The van der Waals surface area contributed by atoms with Crippen LogP contribution in [0.1, 0.15) is 102 Å². The number of aromatic nitrogens is 2. The molecule has 1 aromatic heterocycles. The average molecular weight is 472 g/mol. The Bertz CT molecular complexity index is 878. The van der Waals surface area contributed by atoms with E-state index in [9.17, 15) is 9.59 Å². The maximum absolute atomic E-state index is 13.4. The van der Waals surface area contributed by atoms with Crippen molar-refractivity contribution in [3.63, 3.8) is 0 Å². The second kappa shape index (κ2) is 10.4. The van der Waals surface area contributed by atoms with Crippen molar-refractivity contribution in [1.29, 1.82) is 0 Å². The van der Waals surface area contributed by atoms with Crippen molar-refractivity contribution in [2.45, 2.75) is 117 Å². The number of carbonyl (C=O) groups is 2. The van der Waals surface area contributed by atoms with Gasteiger partial charge in [0.25, 0.3) is 0 Å². The number of nitrogens with one attached hydrogen (secondary N) is 1. The molecule has 0 radical (unpaired) electrons. The van der Waals surface area contributed by atoms with Crippen molar-refractivity contribution in [3.05, 3.63) is 17.0 Å². The van der Waals surface area contributed by atoms with E-state index in [1.807, 2.05) is 4.90 Å². The highest BCUT2D eigenvalue weighted by molar-refractivity contribution is 6.00. The minimum atomic E-state index is -0.687. The summed E-state index contributed by atoms with van der Waals surface area (Å²) in [7, 11) is 0. The van der Waals surface area contributed by atoms with E-state index in [4.69, 9.17) is 5.10 Å². The number of piperidine rings is 1. The first-order chi connectivity index (χ1) is 16.3. The zero-order chi connectivity index (χ0) is 24.5. The first-order valence-electron chi connectivity index (χ1n) is 13.7. The molecule has 2 saturated heterocycles. The molecule has 1 aromatic rings. The monoisotopic (exact) mass is 471 g/mol. The second-order valence-corrected chi connectivity index (χ2v) is 11.3. The summed E-state index contributed by atoms with van der Waals surface area (Å²) < 4.78 is 2.29. The highest BCUT2D eigenvalue weighted by Gasteiger charge is 2.53. The van der Waals surface area contributed by atoms with Crippen molar-refractivity contribution >= 4 is 11.8 Å². The third kappa shape index (κ3) is 4.77. The summed E-state index contributed by atoms with van der Waals surface area (Å²) in [6.45, 7) is 13.8. The first kappa shape index (κ1) is 25.2. The molecule has 3 heterocycles. The van der Waals surface area contributed by atoms with Crippen molar-refractivity contribution < 1.29 is 9.59 Å². The molecule has 4 rings (SSSR count). The van der Waals surface area contributed by atoms with Crippen LogP contribution in [0.25, 0.3) is 0 Å². The van der Waals surface area contributed by atoms with E-state index in [1.54, 1.807) is 0 Å². The molecule has 2 amide bonds. The maximum Gasteiger partial charge on any atom is 0.246 e. The van der Waals surface area contributed by atoms with Crippen LogP contribution in [0.2, 0.25) is 0 Å². The predicted molar refractivity (Wildman–Crippen MR) is 134 cm³/mol. The largest absolute Gasteiger partial charge is 0.342 e. The van der Waals surface area contributed by atoms with Crippen LogP contribution in [0, 0.1) is 19.8 Å². The van der Waals surface area contributed by atoms with Gasteiger partial charge < -0.3 is 10.2 Å². The van der Waals surface area contributed by atoms with Crippen molar-refractivity contribution in [2.75, 3.05) is 19.6 Å². The average Bonchev–Trinajstić information content (AvgIpc) is 3.10. The molecule has 190 valence electrons. The van der Waals surface area contributed by atoms with Crippen LogP contribution in [-0.2, 0) is 16.1 Å². The molecule has 1 aliphatic carbocycles. The van der Waals surface area contributed by atoms with Gasteiger partial charge in [0, 0.05) is 37.4 Å². The molecule has 3 aliphatic rings. The Morgan fingerprint density at radius 3 is 2.38 bits per heavy atom. The Kier molecular flexibility index (Phi) is 7.70. The second-order valence-electron chi connectivity index (χ2n) is 11.3. The summed E-state index contributed by atoms with van der Waals surface area (Å²) >= 11 is 0. The van der Waals surface area contributed by atoms with Gasteiger partial charge in [-0.15, -0.1) is 0 Å². The van der Waals surface area contributed by atoms with Gasteiger partial charge in [0.05, 0.1) is 11.7 Å². The molecule has 0 aromatic carbocycles. The zero-order valence-electron chi connectivity index (χ0n) is 22.0. The summed E-state index contributed by atoms with van der Waals surface area (Å²) in [6.07, 6.45) is 9.42. The van der Waals surface area contributed by atoms with E-state index in [-0.39, 0.29) is 17.9 Å². The van der Waals surface area contributed by atoms with E-state index in [1.165, 1.54) is 43.4 Å². The first-order valence-corrected chi connectivity index (χ1v) is 13.7. The third-order valence-corrected chi connectivity index (χ3v) is 8.42. The summed E-state index contributed by atoms with van der Waals surface area (Å²) in [5.74, 6) is 0.544. The van der Waals surface area contributed by atoms with Crippen LogP contribution >= 0.6 is 0 Å². The molecular weight excluding hydrogens is 426 g/mol. The number of hydrogen-bond acceptors (Lipinski definition) is 4. The normalized spacial score (nSPS) is 24.3. The van der Waals surface area contributed by atoms with Crippen molar-refractivity contribution in [2.24, 2.45) is 5.92 Å². The topological polar surface area (TPSA) is 70.5 Å². The Hall–Kier alpha value is -1.89. The third-order valence-electron chi connectivity index (χ3n) is 8.42. The SMILES string of the molecule is CCCN1C(=O)C(CC(C)C)NC(=O)C12CCN(Cc1c(C)nn(C3CCCCC3)c1C)CC2. The summed E-state index contributed by atoms with van der Waals surface area (Å²) in [4.78, 5) is 31.2. The standard InChI is InChI=1S/C27H45N5O2/c1-6-14-31-25(33)24(17-19(2)3)28-26(34)27(31)12-15-30(16-13-27)18-23-20(4)29-32(21(23)5)22-10-8-7-9-11-22/h19,22,24H,6-18H2,1-5H3,(H,28,34). The van der Waals surface area contributed by atoms with Gasteiger partial charge in [-0.05, 0) is 58.3 Å². The van der Waals surface area contributed by atoms with Crippen molar-refractivity contribution in [1.82, 2.24) is 24.9 Å². The van der Waals surface area contributed by atoms with E-state index >= 15 is 0 Å². The fourth-order valence-corrected chi connectivity index (χ4v) is 6.46. The van der Waals surface area contributed by atoms with Crippen molar-refractivity contribution in [3.8, 4) is 0 Å². The molecule has 1 unspecified atom stereocenters. The highest BCUT2D eigenvalue weighted by atomic mass is 16.2. The number of aryl methyl sites for hydroxylation is 1. The van der Waals surface area contributed by atoms with Gasteiger partial charge in [0.1, 0.15) is 11.6 Å². The molecule has 1 N–H and O–H groups in total. The van der Waals surface area contributed by atoms with E-state index in [0.717, 1.165) is 31.7 Å². The molecule has 2 aliphatic heterocycles. The lowest BCUT2D eigenvalue weighted by molar-refractivity contribution is -0.161. The Morgan fingerprint density at radius 2 is 1.76 bits per heavy atom. The van der Waals surface area contributed by atoms with Gasteiger partial charge in [-0.3, -0.25) is 19.2 Å². The molecule has 1 spiro atoms. The Morgan fingerprint density at radius 1 is 1.09 bits per heavy atom. The molecule has 1 atom stereocenters. The molecule has 34 heavy (non-hydrogen) atoms. The van der Waals surface area contributed by atoms with E-state index in [0.29, 0.717) is 37.8 Å². The summed E-state index contributed by atoms with van der Waals surface area (Å²) in [5, 5.41) is 8.05. The number of amides is 2. The number of piperazine rings is 1. The molecular formula is C27H45N5O2. The van der Waals surface area contributed by atoms with Crippen LogP contribution in [0.5, 0.6) is 0 Å². The molecule has 3 fully saturated rings. The Labute approximate surface area is 205 Å². The molecule has 1 saturated carbocycles. The predicted octanol–water partition coefficient (Wildman–Crippen LogP) is 4.12. The number of carbonyl (C=O) groups excluding carboxylic acids is 2. The lowest BCUT2D eigenvalue weighted by Crippen LogP contribution is -2.73. The number of hydrogen-bond donors (Lipinski definition) is 1. The minimum Gasteiger partial charge on any atom is -0.342 e. The van der Waals surface area contributed by atoms with Gasteiger partial charge in [0.15, 0.2) is 0 Å². The fourth-order valence-electron chi connectivity index (χ4n) is 6.46. The minimum absolute atomic E-state index is 0.0586. The van der Waals surface area contributed by atoms with Crippen LogP contribution in [0.4, 0.5) is 0 Å². The fraction of sp³-hybridized carbons (Fsp3) is 0.815. The number of rotatable bonds is 7. The van der Waals surface area contributed by atoms with Gasteiger partial charge in [-0.2, -0.15) is 5.10 Å². The molecule has 7 nitrogen and oxygen atoms in total. The van der Waals surface area contributed by atoms with E-state index < -0.39 is 5.54 Å². The van der Waals surface area contributed by atoms with Crippen LogP contribution in [0.3, 0.4) is 0 Å². The quantitative estimate of drug-likeness (QED) is 0.649. The smallest absolute Gasteiger partial charge is 0.246 e. The van der Waals surface area contributed by atoms with Crippen LogP contribution < -0.4 is 5.32 Å².